The van der Waals surface area contributed by atoms with Gasteiger partial charge in [0.25, 0.3) is 5.56 Å². The van der Waals surface area contributed by atoms with E-state index in [0.29, 0.717) is 41.7 Å². The molecular formula is C22H26ClFN4O4S. The van der Waals surface area contributed by atoms with E-state index in [1.807, 2.05) is 0 Å². The number of fused-ring (bicyclic) bond motifs is 1. The fraction of sp³-hybridized carbons (Fsp3) is 0.364. The zero-order chi connectivity index (χ0) is 22.6. The fourth-order valence-electron chi connectivity index (χ4n) is 3.76. The highest BCUT2D eigenvalue weighted by Gasteiger charge is 2.17. The Labute approximate surface area is 197 Å². The molecule has 0 radical (unpaired) electrons. The molecule has 0 saturated carbocycles. The van der Waals surface area contributed by atoms with Gasteiger partial charge in [0.2, 0.25) is 10.0 Å². The molecule has 11 heteroatoms. The second kappa shape index (κ2) is 11.1. The standard InChI is InChI=1S/C22H25FN4O4S.ClH/c23-19-8-7-16(21-17-5-1-2-6-18(17)22(28)25-24-21)15-20(19)26-32(29,30)14-4-3-9-27-10-12-31-13-11-27;/h1-2,5-8,15,26H,3-4,9-14H2,(H,25,28);1H. The number of hydrogen-bond donors (Lipinski definition) is 2. The van der Waals surface area contributed by atoms with Gasteiger partial charge in [-0.2, -0.15) is 5.10 Å². The van der Waals surface area contributed by atoms with Gasteiger partial charge in [-0.05, 0) is 43.7 Å². The molecule has 1 aliphatic heterocycles. The third-order valence-electron chi connectivity index (χ3n) is 5.44. The lowest BCUT2D eigenvalue weighted by atomic mass is 10.0. The predicted octanol–water partition coefficient (Wildman–Crippen LogP) is 3.01. The Kier molecular flexibility index (Phi) is 8.41. The third-order valence-corrected chi connectivity index (χ3v) is 6.80. The van der Waals surface area contributed by atoms with Gasteiger partial charge in [-0.3, -0.25) is 14.4 Å². The Balaban J connectivity index is 0.00000306. The van der Waals surface area contributed by atoms with Gasteiger partial charge in [0.1, 0.15) is 5.82 Å². The van der Waals surface area contributed by atoms with Gasteiger partial charge in [0.05, 0.1) is 35.7 Å². The molecule has 2 aromatic carbocycles. The van der Waals surface area contributed by atoms with Crippen LogP contribution in [0.2, 0.25) is 0 Å². The van der Waals surface area contributed by atoms with Crippen LogP contribution >= 0.6 is 12.4 Å². The highest BCUT2D eigenvalue weighted by atomic mass is 35.5. The van der Waals surface area contributed by atoms with Gasteiger partial charge in [-0.25, -0.2) is 17.9 Å². The number of nitrogens with one attached hydrogen (secondary N) is 2. The molecule has 0 unspecified atom stereocenters. The maximum atomic E-state index is 14.4. The summed E-state index contributed by atoms with van der Waals surface area (Å²) < 4.78 is 47.1. The second-order valence-corrected chi connectivity index (χ2v) is 9.57. The van der Waals surface area contributed by atoms with E-state index in [4.69, 9.17) is 4.74 Å². The number of morpholine rings is 1. The molecule has 178 valence electrons. The molecule has 1 aliphatic rings. The number of rotatable bonds is 8. The monoisotopic (exact) mass is 496 g/mol. The molecule has 8 nitrogen and oxygen atoms in total. The highest BCUT2D eigenvalue weighted by Crippen LogP contribution is 2.28. The van der Waals surface area contributed by atoms with Crippen molar-refractivity contribution in [3.63, 3.8) is 0 Å². The minimum Gasteiger partial charge on any atom is -0.379 e. The Morgan fingerprint density at radius 3 is 2.58 bits per heavy atom. The maximum absolute atomic E-state index is 14.4. The van der Waals surface area contributed by atoms with Crippen LogP contribution in [0.4, 0.5) is 10.1 Å². The zero-order valence-corrected chi connectivity index (χ0v) is 19.6. The lowest BCUT2D eigenvalue weighted by Gasteiger charge is -2.26. The van der Waals surface area contributed by atoms with Gasteiger partial charge >= 0.3 is 0 Å². The van der Waals surface area contributed by atoms with Crippen LogP contribution in [0.3, 0.4) is 0 Å². The topological polar surface area (TPSA) is 104 Å². The van der Waals surface area contributed by atoms with Crippen molar-refractivity contribution in [3.8, 4) is 11.3 Å². The van der Waals surface area contributed by atoms with Crippen LogP contribution < -0.4 is 10.3 Å². The first-order chi connectivity index (χ1) is 15.4. The lowest BCUT2D eigenvalue weighted by molar-refractivity contribution is 0.0373. The first kappa shape index (κ1) is 25.1. The number of ether oxygens (including phenoxy) is 1. The van der Waals surface area contributed by atoms with Gasteiger partial charge in [-0.15, -0.1) is 12.4 Å². The number of nitrogens with zero attached hydrogens (tertiary/aromatic N) is 2. The van der Waals surface area contributed by atoms with Crippen LogP contribution in [0, 0.1) is 5.82 Å². The van der Waals surface area contributed by atoms with Gasteiger partial charge < -0.3 is 4.74 Å². The molecule has 0 spiro atoms. The molecule has 1 saturated heterocycles. The molecule has 1 aromatic heterocycles. The molecule has 33 heavy (non-hydrogen) atoms. The minimum atomic E-state index is -3.72. The average molecular weight is 497 g/mol. The minimum absolute atomic E-state index is 0. The summed E-state index contributed by atoms with van der Waals surface area (Å²) in [4.78, 5) is 14.3. The summed E-state index contributed by atoms with van der Waals surface area (Å²) in [6.07, 6.45) is 1.21. The summed E-state index contributed by atoms with van der Waals surface area (Å²) in [5.74, 6) is -0.778. The van der Waals surface area contributed by atoms with E-state index in [9.17, 15) is 17.6 Å². The van der Waals surface area contributed by atoms with Gasteiger partial charge in [-0.1, -0.05) is 18.2 Å². The Hall–Kier alpha value is -2.53. The summed E-state index contributed by atoms with van der Waals surface area (Å²) in [7, 11) is -3.72. The van der Waals surface area contributed by atoms with E-state index >= 15 is 0 Å². The van der Waals surface area contributed by atoms with E-state index in [-0.39, 0.29) is 29.4 Å². The van der Waals surface area contributed by atoms with Crippen LogP contribution in [0.5, 0.6) is 0 Å². The number of unbranched alkanes of at least 4 members (excludes halogenated alkanes) is 1. The zero-order valence-electron chi connectivity index (χ0n) is 17.9. The number of benzene rings is 2. The van der Waals surface area contributed by atoms with Crippen molar-refractivity contribution in [2.75, 3.05) is 43.3 Å². The van der Waals surface area contributed by atoms with Crippen molar-refractivity contribution in [2.24, 2.45) is 0 Å². The Morgan fingerprint density at radius 2 is 1.82 bits per heavy atom. The summed E-state index contributed by atoms with van der Waals surface area (Å²) in [6.45, 7) is 3.93. The number of anilines is 1. The molecule has 0 bridgehead atoms. The average Bonchev–Trinajstić information content (AvgIpc) is 2.79. The van der Waals surface area contributed by atoms with E-state index in [1.165, 1.54) is 18.2 Å². The summed E-state index contributed by atoms with van der Waals surface area (Å²) in [5, 5.41) is 7.58. The van der Waals surface area contributed by atoms with Crippen molar-refractivity contribution in [2.45, 2.75) is 12.8 Å². The van der Waals surface area contributed by atoms with Crippen molar-refractivity contribution in [3.05, 3.63) is 58.6 Å². The fourth-order valence-corrected chi connectivity index (χ4v) is 4.93. The smallest absolute Gasteiger partial charge is 0.272 e. The normalized spacial score (nSPS) is 14.7. The van der Waals surface area contributed by atoms with E-state index in [0.717, 1.165) is 26.1 Å². The molecule has 1 fully saturated rings. The molecule has 2 heterocycles. The molecule has 3 aromatic rings. The summed E-state index contributed by atoms with van der Waals surface area (Å²) in [6, 6.07) is 11.0. The molecule has 4 rings (SSSR count). The van der Waals surface area contributed by atoms with E-state index in [2.05, 4.69) is 19.8 Å². The molecular weight excluding hydrogens is 471 g/mol. The van der Waals surface area contributed by atoms with Crippen LogP contribution in [-0.2, 0) is 14.8 Å². The highest BCUT2D eigenvalue weighted by molar-refractivity contribution is 7.92. The molecule has 0 aliphatic carbocycles. The number of aromatic nitrogens is 2. The number of aromatic amines is 1. The van der Waals surface area contributed by atoms with Gasteiger partial charge in [0, 0.05) is 24.0 Å². The number of hydrogen-bond acceptors (Lipinski definition) is 6. The maximum Gasteiger partial charge on any atom is 0.272 e. The first-order valence-corrected chi connectivity index (χ1v) is 12.2. The van der Waals surface area contributed by atoms with Crippen LogP contribution in [0.15, 0.2) is 47.3 Å². The second-order valence-electron chi connectivity index (χ2n) is 7.72. The Morgan fingerprint density at radius 1 is 1.09 bits per heavy atom. The van der Waals surface area contributed by atoms with E-state index in [1.54, 1.807) is 24.3 Å². The molecule has 2 N–H and O–H groups in total. The Bertz CT molecular complexity index is 1260. The van der Waals surface area contributed by atoms with Crippen molar-refractivity contribution >= 4 is 38.9 Å². The van der Waals surface area contributed by atoms with E-state index < -0.39 is 15.8 Å². The molecule has 0 atom stereocenters. The third kappa shape index (κ3) is 6.29. The summed E-state index contributed by atoms with van der Waals surface area (Å²) in [5.41, 5.74) is 0.451. The van der Waals surface area contributed by atoms with Crippen LogP contribution in [0.1, 0.15) is 12.8 Å². The predicted molar refractivity (Wildman–Crippen MR) is 129 cm³/mol. The quantitative estimate of drug-likeness (QED) is 0.464. The summed E-state index contributed by atoms with van der Waals surface area (Å²) >= 11 is 0. The van der Waals surface area contributed by atoms with Crippen molar-refractivity contribution in [1.29, 1.82) is 0 Å². The SMILES string of the molecule is Cl.O=c1[nH]nc(-c2ccc(F)c(NS(=O)(=O)CCCCN3CCOCC3)c2)c2ccccc12. The van der Waals surface area contributed by atoms with Crippen molar-refractivity contribution in [1.82, 2.24) is 15.1 Å². The number of halogens is 2. The number of H-pyrrole nitrogens is 1. The lowest BCUT2D eigenvalue weighted by Crippen LogP contribution is -2.37. The first-order valence-electron chi connectivity index (χ1n) is 10.5. The van der Waals surface area contributed by atoms with Crippen molar-refractivity contribution < 1.29 is 17.5 Å². The molecule has 0 amide bonds. The van der Waals surface area contributed by atoms with Crippen LogP contribution in [-0.4, -0.2) is 62.1 Å². The van der Waals surface area contributed by atoms with Gasteiger partial charge in [0.15, 0.2) is 0 Å². The van der Waals surface area contributed by atoms with Crippen LogP contribution in [0.25, 0.3) is 22.0 Å². The number of sulfonamides is 1. The largest absolute Gasteiger partial charge is 0.379 e.